The average Bonchev–Trinajstić information content (AvgIpc) is 2.92. The van der Waals surface area contributed by atoms with Crippen molar-refractivity contribution >= 4 is 53.2 Å². The highest BCUT2D eigenvalue weighted by atomic mass is 32.2. The van der Waals surface area contributed by atoms with Crippen molar-refractivity contribution in [2.75, 3.05) is 18.6 Å². The minimum absolute atomic E-state index is 0.0273. The van der Waals surface area contributed by atoms with Crippen LogP contribution in [0.15, 0.2) is 24.3 Å². The second kappa shape index (κ2) is 18.1. The van der Waals surface area contributed by atoms with E-state index in [1.807, 2.05) is 0 Å². The molecule has 16 nitrogen and oxygen atoms in total. The Morgan fingerprint density at radius 2 is 1.48 bits per heavy atom. The quantitative estimate of drug-likeness (QED) is 0.0778. The summed E-state index contributed by atoms with van der Waals surface area (Å²) in [6.07, 6.45) is 0.571. The monoisotopic (exact) mass is 612 g/mol. The average molecular weight is 613 g/mol. The highest BCUT2D eigenvalue weighted by Crippen LogP contribution is 2.12. The Balaban J connectivity index is 2.92. The Bertz CT molecular complexity index is 1130. The van der Waals surface area contributed by atoms with Crippen LogP contribution >= 0.6 is 11.8 Å². The Kier molecular flexibility index (Phi) is 15.4. The lowest BCUT2D eigenvalue weighted by Gasteiger charge is -2.22. The van der Waals surface area contributed by atoms with Gasteiger partial charge in [0, 0.05) is 12.8 Å². The summed E-state index contributed by atoms with van der Waals surface area (Å²) in [4.78, 5) is 84.1. The molecular weight excluding hydrogens is 576 g/mol. The molecule has 0 aliphatic heterocycles. The van der Waals surface area contributed by atoms with Crippen LogP contribution in [0, 0.1) is 0 Å². The first-order valence-electron chi connectivity index (χ1n) is 12.7. The molecule has 5 amide bonds. The normalized spacial score (nSPS) is 13.5. The van der Waals surface area contributed by atoms with Crippen molar-refractivity contribution in [1.29, 1.82) is 0 Å². The first-order valence-corrected chi connectivity index (χ1v) is 14.1. The van der Waals surface area contributed by atoms with E-state index in [0.717, 1.165) is 0 Å². The number of phenolic OH excluding ortho intramolecular Hbond substituents is 1. The maximum Gasteiger partial charge on any atom is 0.326 e. The summed E-state index contributed by atoms with van der Waals surface area (Å²) >= 11 is 1.36. The molecule has 0 fully saturated rings. The number of carbonyl (C=O) groups is 7. The van der Waals surface area contributed by atoms with Crippen molar-refractivity contribution < 1.29 is 48.9 Å². The number of rotatable bonds is 19. The first-order chi connectivity index (χ1) is 19.7. The number of benzene rings is 1. The van der Waals surface area contributed by atoms with Gasteiger partial charge in [-0.1, -0.05) is 12.1 Å². The molecule has 0 unspecified atom stereocenters. The zero-order chi connectivity index (χ0) is 31.8. The summed E-state index contributed by atoms with van der Waals surface area (Å²) in [6.45, 7) is -0.626. The Hall–Kier alpha value is -4.38. The molecule has 0 heterocycles. The fraction of sp³-hybridized carbons (Fsp3) is 0.480. The van der Waals surface area contributed by atoms with E-state index < -0.39 is 78.6 Å². The van der Waals surface area contributed by atoms with Gasteiger partial charge in [0.15, 0.2) is 0 Å². The maximum atomic E-state index is 13.0. The van der Waals surface area contributed by atoms with E-state index in [2.05, 4.69) is 21.3 Å². The molecule has 17 heteroatoms. The minimum Gasteiger partial charge on any atom is -0.508 e. The van der Waals surface area contributed by atoms with E-state index in [9.17, 15) is 43.8 Å². The number of nitrogens with one attached hydrogen (secondary N) is 4. The molecule has 0 aliphatic carbocycles. The van der Waals surface area contributed by atoms with Gasteiger partial charge in [0.1, 0.15) is 23.9 Å². The van der Waals surface area contributed by atoms with E-state index in [0.29, 0.717) is 11.3 Å². The first kappa shape index (κ1) is 35.6. The number of carbonyl (C=O) groups excluding carboxylic acids is 5. The van der Waals surface area contributed by atoms with Crippen LogP contribution < -0.4 is 32.7 Å². The molecule has 0 aliphatic rings. The van der Waals surface area contributed by atoms with Crippen LogP contribution in [-0.2, 0) is 40.0 Å². The van der Waals surface area contributed by atoms with E-state index in [4.69, 9.17) is 16.6 Å². The van der Waals surface area contributed by atoms with Crippen LogP contribution in [0.1, 0.15) is 31.2 Å². The van der Waals surface area contributed by atoms with Crippen molar-refractivity contribution in [2.45, 2.75) is 56.3 Å². The molecule has 1 rings (SSSR count). The van der Waals surface area contributed by atoms with E-state index in [-0.39, 0.29) is 31.4 Å². The predicted molar refractivity (Wildman–Crippen MR) is 150 cm³/mol. The summed E-state index contributed by atoms with van der Waals surface area (Å²) in [5.41, 5.74) is 11.3. The van der Waals surface area contributed by atoms with Crippen molar-refractivity contribution in [2.24, 2.45) is 11.5 Å². The van der Waals surface area contributed by atoms with Crippen LogP contribution in [-0.4, -0.2) is 99.5 Å². The van der Waals surface area contributed by atoms with Crippen molar-refractivity contribution in [1.82, 2.24) is 21.3 Å². The fourth-order valence-electron chi connectivity index (χ4n) is 3.48. The lowest BCUT2D eigenvalue weighted by atomic mass is 10.0. The summed E-state index contributed by atoms with van der Waals surface area (Å²) in [7, 11) is 0. The standard InChI is InChI=1S/C25H36N6O10S/c1-42-9-8-16(24(39)31-18(25(40)41)11-19(27)33)29-20(34)12-28-23(38)17(10-13-2-4-14(32)5-3-13)30-22(37)15(26)6-7-21(35)36/h2-5,15-18,32H,6-12,26H2,1H3,(H2,27,33)(H,28,38)(H,29,34)(H,30,37)(H,31,39)(H,35,36)(H,40,41)/t15-,16-,17-,18-/m0/s1. The van der Waals surface area contributed by atoms with Gasteiger partial charge in [0.2, 0.25) is 29.5 Å². The zero-order valence-electron chi connectivity index (χ0n) is 22.8. The van der Waals surface area contributed by atoms with Gasteiger partial charge in [-0.15, -0.1) is 0 Å². The Morgan fingerprint density at radius 3 is 2.02 bits per heavy atom. The fourth-order valence-corrected chi connectivity index (χ4v) is 3.95. The highest BCUT2D eigenvalue weighted by molar-refractivity contribution is 7.98. The zero-order valence-corrected chi connectivity index (χ0v) is 23.6. The number of thioether (sulfide) groups is 1. The lowest BCUT2D eigenvalue weighted by Crippen LogP contribution is -2.55. The third-order valence-corrected chi connectivity index (χ3v) is 6.36. The Morgan fingerprint density at radius 1 is 0.857 bits per heavy atom. The largest absolute Gasteiger partial charge is 0.508 e. The van der Waals surface area contributed by atoms with Gasteiger partial charge in [-0.2, -0.15) is 11.8 Å². The molecule has 1 aromatic carbocycles. The lowest BCUT2D eigenvalue weighted by molar-refractivity contribution is -0.143. The van der Waals surface area contributed by atoms with Crippen LogP contribution in [0.2, 0.25) is 0 Å². The van der Waals surface area contributed by atoms with Gasteiger partial charge in [-0.05, 0) is 42.5 Å². The molecule has 0 bridgehead atoms. The van der Waals surface area contributed by atoms with E-state index in [1.54, 1.807) is 6.26 Å². The van der Waals surface area contributed by atoms with Crippen molar-refractivity contribution in [3.63, 3.8) is 0 Å². The van der Waals surface area contributed by atoms with Gasteiger partial charge in [0.25, 0.3) is 0 Å². The van der Waals surface area contributed by atoms with Crippen LogP contribution in [0.3, 0.4) is 0 Å². The second-order valence-electron chi connectivity index (χ2n) is 9.16. The number of aromatic hydroxyl groups is 1. The molecule has 1 aromatic rings. The maximum absolute atomic E-state index is 13.0. The second-order valence-corrected chi connectivity index (χ2v) is 10.1. The van der Waals surface area contributed by atoms with Gasteiger partial charge in [0.05, 0.1) is 19.0 Å². The number of carboxylic acids is 2. The van der Waals surface area contributed by atoms with Crippen LogP contribution in [0.5, 0.6) is 5.75 Å². The van der Waals surface area contributed by atoms with Crippen molar-refractivity contribution in [3.8, 4) is 5.75 Å². The number of primary amides is 1. The number of phenols is 1. The molecule has 0 saturated carbocycles. The molecule has 232 valence electrons. The summed E-state index contributed by atoms with van der Waals surface area (Å²) in [6, 6.07) is 0.496. The van der Waals surface area contributed by atoms with Gasteiger partial charge >= 0.3 is 11.9 Å². The van der Waals surface area contributed by atoms with Gasteiger partial charge < -0.3 is 48.1 Å². The Labute approximate surface area is 245 Å². The minimum atomic E-state index is -1.60. The highest BCUT2D eigenvalue weighted by Gasteiger charge is 2.29. The number of amides is 5. The molecule has 0 spiro atoms. The third-order valence-electron chi connectivity index (χ3n) is 5.72. The number of aliphatic carboxylic acids is 2. The molecule has 0 aromatic heterocycles. The van der Waals surface area contributed by atoms with Crippen LogP contribution in [0.4, 0.5) is 0 Å². The third kappa shape index (κ3) is 13.8. The molecule has 0 saturated heterocycles. The number of hydrogen-bond donors (Lipinski definition) is 9. The predicted octanol–water partition coefficient (Wildman–Crippen LogP) is -2.59. The molecule has 42 heavy (non-hydrogen) atoms. The molecule has 4 atom stereocenters. The molecule has 11 N–H and O–H groups in total. The molecule has 0 radical (unpaired) electrons. The van der Waals surface area contributed by atoms with E-state index in [1.165, 1.54) is 36.0 Å². The van der Waals surface area contributed by atoms with Crippen LogP contribution in [0.25, 0.3) is 0 Å². The van der Waals surface area contributed by atoms with E-state index >= 15 is 0 Å². The summed E-state index contributed by atoms with van der Waals surface area (Å²) in [5.74, 6) is -6.49. The topological polar surface area (TPSA) is 280 Å². The smallest absolute Gasteiger partial charge is 0.326 e. The molecular formula is C25H36N6O10S. The van der Waals surface area contributed by atoms with Gasteiger partial charge in [-0.25, -0.2) is 4.79 Å². The summed E-state index contributed by atoms with van der Waals surface area (Å²) < 4.78 is 0. The summed E-state index contributed by atoms with van der Waals surface area (Å²) in [5, 5.41) is 36.9. The number of carboxylic acid groups (broad SMARTS) is 2. The number of nitrogens with two attached hydrogens (primary N) is 2. The van der Waals surface area contributed by atoms with Crippen molar-refractivity contribution in [3.05, 3.63) is 29.8 Å². The number of hydrogen-bond acceptors (Lipinski definition) is 10. The SMILES string of the molecule is CSCC[C@H](NC(=O)CNC(=O)[C@H](Cc1ccc(O)cc1)NC(=O)[C@@H](N)CCC(=O)O)C(=O)N[C@@H](CC(N)=O)C(=O)O. The van der Waals surface area contributed by atoms with Gasteiger partial charge in [-0.3, -0.25) is 28.8 Å².